The van der Waals surface area contributed by atoms with E-state index in [1.807, 2.05) is 49.4 Å². The van der Waals surface area contributed by atoms with Gasteiger partial charge in [0.1, 0.15) is 5.52 Å². The number of benzene rings is 1. The highest BCUT2D eigenvalue weighted by Gasteiger charge is 2.12. The molecule has 4 rings (SSSR count). The zero-order valence-electron chi connectivity index (χ0n) is 11.3. The Balaban J connectivity index is 1.82. The van der Waals surface area contributed by atoms with Gasteiger partial charge < -0.3 is 5.10 Å². The van der Waals surface area contributed by atoms with E-state index < -0.39 is 0 Å². The van der Waals surface area contributed by atoms with Gasteiger partial charge in [-0.1, -0.05) is 36.4 Å². The molecule has 0 aliphatic heterocycles. The summed E-state index contributed by atoms with van der Waals surface area (Å²) in [5, 5.41) is 15.1. The number of fused-ring (bicyclic) bond motifs is 3. The highest BCUT2D eigenvalue weighted by atomic mass is 15.2. The molecule has 0 amide bonds. The maximum absolute atomic E-state index is 4.55. The van der Waals surface area contributed by atoms with Gasteiger partial charge >= 0.3 is 0 Å². The number of rotatable bonds is 2. The van der Waals surface area contributed by atoms with Crippen molar-refractivity contribution in [3.63, 3.8) is 0 Å². The summed E-state index contributed by atoms with van der Waals surface area (Å²) in [5.74, 6) is 0.635. The molecule has 3 heterocycles. The van der Waals surface area contributed by atoms with Crippen LogP contribution in [0.1, 0.15) is 17.1 Å². The van der Waals surface area contributed by atoms with Crippen molar-refractivity contribution in [3.8, 4) is 0 Å². The van der Waals surface area contributed by atoms with Crippen LogP contribution in [-0.4, -0.2) is 30.4 Å². The quantitative estimate of drug-likeness (QED) is 0.589. The monoisotopic (exact) mass is 276 g/mol. The van der Waals surface area contributed by atoms with Gasteiger partial charge in [-0.05, 0) is 18.6 Å². The minimum Gasteiger partial charge on any atom is -0.303 e. The summed E-state index contributed by atoms with van der Waals surface area (Å²) in [6.07, 6.45) is 3.86. The molecule has 0 aliphatic rings. The van der Waals surface area contributed by atoms with E-state index in [0.29, 0.717) is 17.1 Å². The molecule has 1 aromatic carbocycles. The lowest BCUT2D eigenvalue weighted by atomic mass is 10.2. The molecule has 0 bridgehead atoms. The number of nitrogens with zero attached hydrogens (tertiary/aromatic N) is 4. The van der Waals surface area contributed by atoms with Crippen LogP contribution in [0.25, 0.3) is 34.3 Å². The van der Waals surface area contributed by atoms with E-state index >= 15 is 0 Å². The second-order valence-corrected chi connectivity index (χ2v) is 4.80. The summed E-state index contributed by atoms with van der Waals surface area (Å²) < 4.78 is 0. The van der Waals surface area contributed by atoms with Crippen LogP contribution in [0.2, 0.25) is 0 Å². The summed E-state index contributed by atoms with van der Waals surface area (Å²) >= 11 is 0. The predicted molar refractivity (Wildman–Crippen MR) is 81.4 cm³/mol. The maximum Gasteiger partial charge on any atom is 0.203 e. The van der Waals surface area contributed by atoms with Gasteiger partial charge in [-0.3, -0.25) is 5.10 Å². The minimum atomic E-state index is 0.561. The zero-order valence-corrected chi connectivity index (χ0v) is 11.3. The Hall–Kier alpha value is -3.02. The third-order valence-corrected chi connectivity index (χ3v) is 3.34. The SMILES string of the molecule is Cc1[nH][nH]c2nnc3nc(/C=C\c4ccccc4)nc3c12. The number of hydrogen-bond donors (Lipinski definition) is 2. The van der Waals surface area contributed by atoms with Crippen molar-refractivity contribution in [1.29, 1.82) is 0 Å². The molecular weight excluding hydrogens is 264 g/mol. The average molecular weight is 276 g/mol. The number of imidazole rings is 1. The van der Waals surface area contributed by atoms with Crippen LogP contribution in [-0.2, 0) is 0 Å². The minimum absolute atomic E-state index is 0.561. The number of aryl methyl sites for hydroxylation is 1. The molecule has 6 nitrogen and oxygen atoms in total. The van der Waals surface area contributed by atoms with Gasteiger partial charge in [-0.25, -0.2) is 9.97 Å². The van der Waals surface area contributed by atoms with Crippen LogP contribution in [0.4, 0.5) is 0 Å². The van der Waals surface area contributed by atoms with Crippen LogP contribution in [0.5, 0.6) is 0 Å². The van der Waals surface area contributed by atoms with Crippen LogP contribution in [0.3, 0.4) is 0 Å². The number of nitrogens with one attached hydrogen (secondary N) is 2. The summed E-state index contributed by atoms with van der Waals surface area (Å²) in [6, 6.07) is 10.0. The molecule has 0 radical (unpaired) electrons. The van der Waals surface area contributed by atoms with Crippen molar-refractivity contribution in [3.05, 3.63) is 47.4 Å². The lowest BCUT2D eigenvalue weighted by Gasteiger charge is -1.89. The lowest BCUT2D eigenvalue weighted by Crippen LogP contribution is -1.85. The summed E-state index contributed by atoms with van der Waals surface area (Å²) in [7, 11) is 0. The third kappa shape index (κ3) is 1.97. The van der Waals surface area contributed by atoms with Gasteiger partial charge in [0.2, 0.25) is 5.65 Å². The zero-order chi connectivity index (χ0) is 14.2. The Kier molecular flexibility index (Phi) is 2.53. The molecule has 0 fully saturated rings. The summed E-state index contributed by atoms with van der Waals surface area (Å²) in [4.78, 5) is 8.95. The van der Waals surface area contributed by atoms with Crippen molar-refractivity contribution in [2.24, 2.45) is 0 Å². The Labute approximate surface area is 119 Å². The highest BCUT2D eigenvalue weighted by molar-refractivity contribution is 6.00. The van der Waals surface area contributed by atoms with Crippen molar-refractivity contribution >= 4 is 34.3 Å². The Morgan fingerprint density at radius 2 is 1.81 bits per heavy atom. The molecule has 2 N–H and O–H groups in total. The first kappa shape index (κ1) is 11.8. The molecule has 0 unspecified atom stereocenters. The van der Waals surface area contributed by atoms with Crippen molar-refractivity contribution in [1.82, 2.24) is 30.4 Å². The first-order valence-corrected chi connectivity index (χ1v) is 6.61. The van der Waals surface area contributed by atoms with Gasteiger partial charge in [0.25, 0.3) is 0 Å². The number of H-pyrrole nitrogens is 2. The fraction of sp³-hybridized carbons (Fsp3) is 0.0667. The largest absolute Gasteiger partial charge is 0.303 e. The van der Waals surface area contributed by atoms with Crippen LogP contribution in [0.15, 0.2) is 30.3 Å². The second-order valence-electron chi connectivity index (χ2n) is 4.80. The van der Waals surface area contributed by atoms with Crippen LogP contribution in [0, 0.1) is 6.92 Å². The molecule has 0 saturated heterocycles. The van der Waals surface area contributed by atoms with Crippen LogP contribution >= 0.6 is 0 Å². The van der Waals surface area contributed by atoms with Crippen molar-refractivity contribution in [2.45, 2.75) is 6.92 Å². The van der Waals surface area contributed by atoms with E-state index in [-0.39, 0.29) is 0 Å². The van der Waals surface area contributed by atoms with Gasteiger partial charge in [0, 0.05) is 5.69 Å². The Bertz CT molecular complexity index is 948. The second kappa shape index (κ2) is 4.52. The molecule has 4 aromatic rings. The topological polar surface area (TPSA) is 83.1 Å². The Morgan fingerprint density at radius 3 is 2.67 bits per heavy atom. The summed E-state index contributed by atoms with van der Waals surface area (Å²) in [6.45, 7) is 1.97. The predicted octanol–water partition coefficient (Wildman–Crippen LogP) is 2.71. The van der Waals surface area contributed by atoms with E-state index in [9.17, 15) is 0 Å². The number of aromatic nitrogens is 6. The van der Waals surface area contributed by atoms with E-state index in [2.05, 4.69) is 30.4 Å². The van der Waals surface area contributed by atoms with Crippen molar-refractivity contribution < 1.29 is 0 Å². The smallest absolute Gasteiger partial charge is 0.203 e. The molecule has 21 heavy (non-hydrogen) atoms. The normalized spacial score (nSPS) is 11.9. The first-order chi connectivity index (χ1) is 10.3. The lowest BCUT2D eigenvalue weighted by molar-refractivity contribution is 1.02. The van der Waals surface area contributed by atoms with E-state index in [0.717, 1.165) is 22.2 Å². The molecule has 0 aliphatic carbocycles. The molecule has 3 aromatic heterocycles. The highest BCUT2D eigenvalue weighted by Crippen LogP contribution is 2.21. The summed E-state index contributed by atoms with van der Waals surface area (Å²) in [5.41, 5.74) is 4.10. The van der Waals surface area contributed by atoms with Gasteiger partial charge in [-0.15, -0.1) is 10.2 Å². The third-order valence-electron chi connectivity index (χ3n) is 3.34. The fourth-order valence-electron chi connectivity index (χ4n) is 2.32. The molecule has 0 atom stereocenters. The average Bonchev–Trinajstić information content (AvgIpc) is 3.09. The number of hydrogen-bond acceptors (Lipinski definition) is 4. The van der Waals surface area contributed by atoms with Crippen LogP contribution < -0.4 is 0 Å². The molecular formula is C15H12N6. The van der Waals surface area contributed by atoms with E-state index in [1.54, 1.807) is 0 Å². The van der Waals surface area contributed by atoms with Gasteiger partial charge in [-0.2, -0.15) is 0 Å². The molecule has 6 heteroatoms. The van der Waals surface area contributed by atoms with Gasteiger partial charge in [0.05, 0.1) is 5.39 Å². The molecule has 0 saturated carbocycles. The fourth-order valence-corrected chi connectivity index (χ4v) is 2.32. The molecule has 102 valence electrons. The maximum atomic E-state index is 4.55. The first-order valence-electron chi connectivity index (χ1n) is 6.61. The molecule has 0 spiro atoms. The standard InChI is InChI=1S/C15H12N6/c1-9-12-13-15(21-20-14(12)19-18-9)17-11(16-13)8-7-10-5-3-2-4-6-10/h2-8H,1H3,(H2,18,19,20)/b8-7-. The Morgan fingerprint density at radius 1 is 0.952 bits per heavy atom. The van der Waals surface area contributed by atoms with Gasteiger partial charge in [0.15, 0.2) is 11.5 Å². The van der Waals surface area contributed by atoms with Crippen molar-refractivity contribution in [2.75, 3.05) is 0 Å². The number of aromatic amines is 2. The van der Waals surface area contributed by atoms with E-state index in [4.69, 9.17) is 0 Å². The van der Waals surface area contributed by atoms with E-state index in [1.165, 1.54) is 0 Å².